The molecule has 2 heterocycles. The highest BCUT2D eigenvalue weighted by Crippen LogP contribution is 2.12. The Bertz CT molecular complexity index is 682. The normalized spacial score (nSPS) is 18.0. The van der Waals surface area contributed by atoms with E-state index in [4.69, 9.17) is 0 Å². The van der Waals surface area contributed by atoms with Gasteiger partial charge in [-0.15, -0.1) is 0 Å². The van der Waals surface area contributed by atoms with Crippen molar-refractivity contribution in [3.05, 3.63) is 54.1 Å². The van der Waals surface area contributed by atoms with Crippen LogP contribution in [0.1, 0.15) is 37.6 Å². The van der Waals surface area contributed by atoms with Gasteiger partial charge in [-0.25, -0.2) is 4.98 Å². The van der Waals surface area contributed by atoms with Crippen molar-refractivity contribution in [2.45, 2.75) is 51.6 Å². The van der Waals surface area contributed by atoms with Crippen molar-refractivity contribution in [2.75, 3.05) is 19.6 Å². The van der Waals surface area contributed by atoms with Crippen LogP contribution in [0.25, 0.3) is 0 Å². The van der Waals surface area contributed by atoms with Gasteiger partial charge in [-0.3, -0.25) is 4.79 Å². The van der Waals surface area contributed by atoms with Crippen LogP contribution in [0.15, 0.2) is 42.7 Å². The number of nitrogens with zero attached hydrogens (tertiary/aromatic N) is 3. The zero-order valence-corrected chi connectivity index (χ0v) is 15.7. The van der Waals surface area contributed by atoms with Crippen molar-refractivity contribution < 1.29 is 4.79 Å². The molecule has 1 aliphatic rings. The Balaban J connectivity index is 1.40. The lowest BCUT2D eigenvalue weighted by molar-refractivity contribution is -0.122. The van der Waals surface area contributed by atoms with E-state index in [2.05, 4.69) is 57.0 Å². The SMILES string of the molecule is CCc1nccn1CCC(=O)N[C@@H]1CCCN(CCc2ccccc2)C1. The number of hydrogen-bond acceptors (Lipinski definition) is 3. The number of aryl methyl sites for hydroxylation is 2. The van der Waals surface area contributed by atoms with Gasteiger partial charge >= 0.3 is 0 Å². The Morgan fingerprint density at radius 3 is 2.92 bits per heavy atom. The number of piperidine rings is 1. The topological polar surface area (TPSA) is 50.2 Å². The molecule has 0 saturated carbocycles. The van der Waals surface area contributed by atoms with Gasteiger partial charge in [-0.05, 0) is 31.4 Å². The Labute approximate surface area is 156 Å². The van der Waals surface area contributed by atoms with Gasteiger partial charge in [-0.1, -0.05) is 37.3 Å². The fourth-order valence-corrected chi connectivity index (χ4v) is 3.69. The van der Waals surface area contributed by atoms with Crippen LogP contribution in [0, 0.1) is 0 Å². The Kier molecular flexibility index (Phi) is 6.83. The number of carbonyl (C=O) groups is 1. The largest absolute Gasteiger partial charge is 0.352 e. The molecule has 1 aliphatic heterocycles. The highest BCUT2D eigenvalue weighted by molar-refractivity contribution is 5.76. The minimum atomic E-state index is 0.149. The summed E-state index contributed by atoms with van der Waals surface area (Å²) < 4.78 is 2.08. The van der Waals surface area contributed by atoms with Crippen LogP contribution in [0.3, 0.4) is 0 Å². The maximum atomic E-state index is 12.3. The first-order chi connectivity index (χ1) is 12.7. The van der Waals surface area contributed by atoms with Crippen LogP contribution in [0.2, 0.25) is 0 Å². The van der Waals surface area contributed by atoms with Crippen LogP contribution in [-0.2, 0) is 24.2 Å². The molecule has 1 saturated heterocycles. The Morgan fingerprint density at radius 2 is 2.12 bits per heavy atom. The summed E-state index contributed by atoms with van der Waals surface area (Å²) in [5.74, 6) is 1.19. The first kappa shape index (κ1) is 18.6. The molecule has 0 spiro atoms. The lowest BCUT2D eigenvalue weighted by Crippen LogP contribution is -2.48. The first-order valence-electron chi connectivity index (χ1n) is 9.80. The van der Waals surface area contributed by atoms with Gasteiger partial charge in [0.1, 0.15) is 5.82 Å². The molecule has 1 aromatic heterocycles. The molecule has 5 heteroatoms. The van der Waals surface area contributed by atoms with Gasteiger partial charge < -0.3 is 14.8 Å². The monoisotopic (exact) mass is 354 g/mol. The third kappa shape index (κ3) is 5.43. The van der Waals surface area contributed by atoms with Crippen molar-refractivity contribution in [3.8, 4) is 0 Å². The number of imidazole rings is 1. The summed E-state index contributed by atoms with van der Waals surface area (Å²) in [4.78, 5) is 19.1. The van der Waals surface area contributed by atoms with Crippen LogP contribution in [0.5, 0.6) is 0 Å². The van der Waals surface area contributed by atoms with Crippen LogP contribution in [-0.4, -0.2) is 46.0 Å². The molecule has 1 amide bonds. The zero-order valence-electron chi connectivity index (χ0n) is 15.7. The number of likely N-dealkylation sites (tertiary alicyclic amines) is 1. The number of amides is 1. The molecule has 1 N–H and O–H groups in total. The molecule has 0 unspecified atom stereocenters. The third-order valence-corrected chi connectivity index (χ3v) is 5.13. The maximum Gasteiger partial charge on any atom is 0.222 e. The summed E-state index contributed by atoms with van der Waals surface area (Å²) in [5, 5.41) is 3.23. The Morgan fingerprint density at radius 1 is 1.27 bits per heavy atom. The van der Waals surface area contributed by atoms with Gasteiger partial charge in [0.05, 0.1) is 0 Å². The second-order valence-electron chi connectivity index (χ2n) is 7.08. The van der Waals surface area contributed by atoms with Gasteiger partial charge in [-0.2, -0.15) is 0 Å². The van der Waals surface area contributed by atoms with Crippen LogP contribution in [0.4, 0.5) is 0 Å². The minimum absolute atomic E-state index is 0.149. The lowest BCUT2D eigenvalue weighted by atomic mass is 10.0. The summed E-state index contributed by atoms with van der Waals surface area (Å²) in [5.41, 5.74) is 1.38. The fourth-order valence-electron chi connectivity index (χ4n) is 3.69. The minimum Gasteiger partial charge on any atom is -0.352 e. The van der Waals surface area contributed by atoms with Crippen molar-refractivity contribution in [3.63, 3.8) is 0 Å². The van der Waals surface area contributed by atoms with E-state index in [-0.39, 0.29) is 11.9 Å². The fraction of sp³-hybridized carbons (Fsp3) is 0.524. The molecule has 26 heavy (non-hydrogen) atoms. The summed E-state index contributed by atoms with van der Waals surface area (Å²) in [6, 6.07) is 10.9. The molecular formula is C21H30N4O. The molecule has 140 valence electrons. The quantitative estimate of drug-likeness (QED) is 0.793. The van der Waals surface area contributed by atoms with Crippen LogP contribution >= 0.6 is 0 Å². The summed E-state index contributed by atoms with van der Waals surface area (Å²) in [6.07, 6.45) is 8.49. The number of aromatic nitrogens is 2. The van der Waals surface area contributed by atoms with Gasteiger partial charge in [0.25, 0.3) is 0 Å². The highest BCUT2D eigenvalue weighted by Gasteiger charge is 2.21. The lowest BCUT2D eigenvalue weighted by Gasteiger charge is -2.33. The van der Waals surface area contributed by atoms with E-state index >= 15 is 0 Å². The molecule has 1 atom stereocenters. The molecule has 0 bridgehead atoms. The smallest absolute Gasteiger partial charge is 0.222 e. The average Bonchev–Trinajstić information content (AvgIpc) is 3.13. The molecule has 2 aromatic rings. The molecule has 5 nitrogen and oxygen atoms in total. The van der Waals surface area contributed by atoms with E-state index in [1.165, 1.54) is 5.56 Å². The second-order valence-corrected chi connectivity index (χ2v) is 7.08. The number of nitrogens with one attached hydrogen (secondary N) is 1. The van der Waals surface area contributed by atoms with E-state index < -0.39 is 0 Å². The van der Waals surface area contributed by atoms with Crippen molar-refractivity contribution >= 4 is 5.91 Å². The van der Waals surface area contributed by atoms with Gasteiger partial charge in [0.15, 0.2) is 0 Å². The summed E-state index contributed by atoms with van der Waals surface area (Å²) >= 11 is 0. The number of rotatable bonds is 8. The predicted molar refractivity (Wildman–Crippen MR) is 104 cm³/mol. The van der Waals surface area contributed by atoms with Gasteiger partial charge in [0, 0.05) is 50.9 Å². The van der Waals surface area contributed by atoms with E-state index in [1.54, 1.807) is 0 Å². The summed E-state index contributed by atoms with van der Waals surface area (Å²) in [7, 11) is 0. The van der Waals surface area contributed by atoms with Crippen molar-refractivity contribution in [2.24, 2.45) is 0 Å². The van der Waals surface area contributed by atoms with Crippen LogP contribution < -0.4 is 5.32 Å². The first-order valence-corrected chi connectivity index (χ1v) is 9.80. The molecule has 0 radical (unpaired) electrons. The standard InChI is InChI=1S/C21H30N4O/c1-2-20-22-12-16-25(20)15-11-21(26)23-19-9-6-13-24(17-19)14-10-18-7-4-3-5-8-18/h3-5,7-8,12,16,19H,2,6,9-11,13-15,17H2,1H3,(H,23,26)/t19-/m1/s1. The molecule has 0 aliphatic carbocycles. The molecule has 1 aromatic carbocycles. The highest BCUT2D eigenvalue weighted by atomic mass is 16.1. The van der Waals surface area contributed by atoms with Crippen molar-refractivity contribution in [1.82, 2.24) is 19.8 Å². The van der Waals surface area contributed by atoms with E-state index in [0.29, 0.717) is 13.0 Å². The van der Waals surface area contributed by atoms with Crippen molar-refractivity contribution in [1.29, 1.82) is 0 Å². The summed E-state index contributed by atoms with van der Waals surface area (Å²) in [6.45, 7) is 5.95. The number of hydrogen-bond donors (Lipinski definition) is 1. The molecule has 3 rings (SSSR count). The van der Waals surface area contributed by atoms with E-state index in [1.807, 2.05) is 12.4 Å². The molecule has 1 fully saturated rings. The van der Waals surface area contributed by atoms with Gasteiger partial charge in [0.2, 0.25) is 5.91 Å². The van der Waals surface area contributed by atoms with E-state index in [9.17, 15) is 4.79 Å². The average molecular weight is 354 g/mol. The molecular weight excluding hydrogens is 324 g/mol. The van der Waals surface area contributed by atoms with E-state index in [0.717, 1.165) is 51.1 Å². The maximum absolute atomic E-state index is 12.3. The Hall–Kier alpha value is -2.14. The third-order valence-electron chi connectivity index (χ3n) is 5.13. The number of benzene rings is 1. The number of carbonyl (C=O) groups excluding carboxylic acids is 1. The zero-order chi connectivity index (χ0) is 18.2. The predicted octanol–water partition coefficient (Wildman–Crippen LogP) is 2.66. The second kappa shape index (κ2) is 9.53.